The number of nitrogens with one attached hydrogen (secondary N) is 1. The third-order valence-corrected chi connectivity index (χ3v) is 3.55. The minimum absolute atomic E-state index is 0.554. The van der Waals surface area contributed by atoms with Gasteiger partial charge in [-0.3, -0.25) is 0 Å². The van der Waals surface area contributed by atoms with Gasteiger partial charge in [-0.05, 0) is 38.8 Å². The summed E-state index contributed by atoms with van der Waals surface area (Å²) in [6.45, 7) is 7.97. The Morgan fingerprint density at radius 3 is 3.05 bits per heavy atom. The van der Waals surface area contributed by atoms with Crippen LogP contribution >= 0.6 is 0 Å². The fraction of sp³-hybridized carbons (Fsp3) is 0.667. The van der Waals surface area contributed by atoms with Gasteiger partial charge in [-0.25, -0.2) is 0 Å². The van der Waals surface area contributed by atoms with E-state index >= 15 is 0 Å². The van der Waals surface area contributed by atoms with Crippen molar-refractivity contribution in [2.24, 2.45) is 0 Å². The van der Waals surface area contributed by atoms with Gasteiger partial charge >= 0.3 is 0 Å². The molecule has 4 nitrogen and oxygen atoms in total. The van der Waals surface area contributed by atoms with Crippen LogP contribution in [0.5, 0.6) is 5.88 Å². The number of aromatic nitrogens is 1. The molecule has 1 atom stereocenters. The molecule has 0 aliphatic carbocycles. The standard InChI is InChI=1S/C15H25N3O/c1-3-16-12-13-8-5-6-11-18(13)14-9-7-10-15(17-14)19-4-2/h7,9-10,13,16H,3-6,8,11-12H2,1-2H3. The molecule has 4 heteroatoms. The van der Waals surface area contributed by atoms with Gasteiger partial charge in [0.05, 0.1) is 6.61 Å². The Morgan fingerprint density at radius 1 is 1.37 bits per heavy atom. The smallest absolute Gasteiger partial charge is 0.215 e. The average Bonchev–Trinajstić information content (AvgIpc) is 2.46. The normalized spacial score (nSPS) is 19.5. The highest BCUT2D eigenvalue weighted by molar-refractivity contribution is 5.42. The predicted octanol–water partition coefficient (Wildman–Crippen LogP) is 2.45. The molecule has 1 unspecified atom stereocenters. The monoisotopic (exact) mass is 263 g/mol. The van der Waals surface area contributed by atoms with E-state index in [4.69, 9.17) is 4.74 Å². The number of ether oxygens (including phenoxy) is 1. The third kappa shape index (κ3) is 3.83. The summed E-state index contributed by atoms with van der Waals surface area (Å²) in [4.78, 5) is 7.05. The summed E-state index contributed by atoms with van der Waals surface area (Å²) in [7, 11) is 0. The molecule has 1 aliphatic heterocycles. The SMILES string of the molecule is CCNCC1CCCCN1c1cccc(OCC)n1. The van der Waals surface area contributed by atoms with Crippen molar-refractivity contribution in [1.82, 2.24) is 10.3 Å². The molecule has 2 rings (SSSR count). The van der Waals surface area contributed by atoms with Crippen LogP contribution in [-0.2, 0) is 0 Å². The molecule has 0 bridgehead atoms. The molecular formula is C15H25N3O. The molecule has 1 saturated heterocycles. The van der Waals surface area contributed by atoms with Crippen LogP contribution in [0.15, 0.2) is 18.2 Å². The van der Waals surface area contributed by atoms with Gasteiger partial charge in [-0.15, -0.1) is 0 Å². The first-order valence-corrected chi connectivity index (χ1v) is 7.42. The van der Waals surface area contributed by atoms with E-state index in [0.29, 0.717) is 12.6 Å². The van der Waals surface area contributed by atoms with Crippen molar-refractivity contribution in [3.63, 3.8) is 0 Å². The number of pyridine rings is 1. The van der Waals surface area contributed by atoms with Gasteiger partial charge < -0.3 is 15.0 Å². The molecule has 0 radical (unpaired) electrons. The van der Waals surface area contributed by atoms with E-state index in [0.717, 1.165) is 31.3 Å². The second-order valence-corrected chi connectivity index (χ2v) is 4.92. The van der Waals surface area contributed by atoms with Crippen LogP contribution < -0.4 is 15.0 Å². The fourth-order valence-corrected chi connectivity index (χ4v) is 2.62. The lowest BCUT2D eigenvalue weighted by Gasteiger charge is -2.37. The molecule has 1 aliphatic rings. The molecule has 106 valence electrons. The topological polar surface area (TPSA) is 37.4 Å². The first-order chi connectivity index (χ1) is 9.35. The van der Waals surface area contributed by atoms with Gasteiger partial charge in [0.1, 0.15) is 5.82 Å². The van der Waals surface area contributed by atoms with E-state index in [1.807, 2.05) is 19.1 Å². The van der Waals surface area contributed by atoms with Crippen molar-refractivity contribution in [3.05, 3.63) is 18.2 Å². The average molecular weight is 263 g/mol. The molecule has 1 N–H and O–H groups in total. The van der Waals surface area contributed by atoms with Crippen LogP contribution in [0.2, 0.25) is 0 Å². The minimum atomic E-state index is 0.554. The first-order valence-electron chi connectivity index (χ1n) is 7.42. The summed E-state index contributed by atoms with van der Waals surface area (Å²) in [6.07, 6.45) is 3.81. The lowest BCUT2D eigenvalue weighted by Crippen LogP contribution is -2.46. The summed E-state index contributed by atoms with van der Waals surface area (Å²) in [5.41, 5.74) is 0. The number of piperidine rings is 1. The molecule has 19 heavy (non-hydrogen) atoms. The first kappa shape index (κ1) is 14.1. The van der Waals surface area contributed by atoms with Crippen LogP contribution in [0, 0.1) is 0 Å². The van der Waals surface area contributed by atoms with Gasteiger partial charge in [-0.2, -0.15) is 4.98 Å². The highest BCUT2D eigenvalue weighted by atomic mass is 16.5. The maximum Gasteiger partial charge on any atom is 0.215 e. The molecular weight excluding hydrogens is 238 g/mol. The number of hydrogen-bond donors (Lipinski definition) is 1. The van der Waals surface area contributed by atoms with Crippen molar-refractivity contribution in [2.45, 2.75) is 39.2 Å². The Hall–Kier alpha value is -1.29. The Morgan fingerprint density at radius 2 is 2.26 bits per heavy atom. The summed E-state index contributed by atoms with van der Waals surface area (Å²) >= 11 is 0. The van der Waals surface area contributed by atoms with Crippen LogP contribution in [0.1, 0.15) is 33.1 Å². The largest absolute Gasteiger partial charge is 0.478 e. The Kier molecular flexibility index (Phi) is 5.45. The quantitative estimate of drug-likeness (QED) is 0.855. The van der Waals surface area contributed by atoms with Crippen molar-refractivity contribution in [1.29, 1.82) is 0 Å². The van der Waals surface area contributed by atoms with Crippen LogP contribution in [-0.4, -0.2) is 37.3 Å². The van der Waals surface area contributed by atoms with Crippen LogP contribution in [0.3, 0.4) is 0 Å². The van der Waals surface area contributed by atoms with Crippen molar-refractivity contribution < 1.29 is 4.74 Å². The van der Waals surface area contributed by atoms with Crippen LogP contribution in [0.4, 0.5) is 5.82 Å². The van der Waals surface area contributed by atoms with E-state index in [-0.39, 0.29) is 0 Å². The fourth-order valence-electron chi connectivity index (χ4n) is 2.62. The Bertz CT molecular complexity index is 383. The molecule has 1 aromatic heterocycles. The zero-order chi connectivity index (χ0) is 13.5. The van der Waals surface area contributed by atoms with E-state index < -0.39 is 0 Å². The minimum Gasteiger partial charge on any atom is -0.478 e. The molecule has 1 fully saturated rings. The Labute approximate surface area is 116 Å². The lowest BCUT2D eigenvalue weighted by atomic mass is 10.0. The van der Waals surface area contributed by atoms with Crippen LogP contribution in [0.25, 0.3) is 0 Å². The predicted molar refractivity (Wildman–Crippen MR) is 78.9 cm³/mol. The van der Waals surface area contributed by atoms with Gasteiger partial charge in [0.25, 0.3) is 0 Å². The Balaban J connectivity index is 2.09. The van der Waals surface area contributed by atoms with E-state index in [1.165, 1.54) is 19.3 Å². The van der Waals surface area contributed by atoms with Gasteiger partial charge in [0.15, 0.2) is 0 Å². The highest BCUT2D eigenvalue weighted by Gasteiger charge is 2.23. The summed E-state index contributed by atoms with van der Waals surface area (Å²) < 4.78 is 5.50. The number of nitrogens with zero attached hydrogens (tertiary/aromatic N) is 2. The number of rotatable bonds is 6. The molecule has 0 saturated carbocycles. The number of hydrogen-bond acceptors (Lipinski definition) is 4. The lowest BCUT2D eigenvalue weighted by molar-refractivity contribution is 0.326. The summed E-state index contributed by atoms with van der Waals surface area (Å²) in [5.74, 6) is 1.78. The summed E-state index contributed by atoms with van der Waals surface area (Å²) in [6, 6.07) is 6.60. The van der Waals surface area contributed by atoms with Gasteiger partial charge in [-0.1, -0.05) is 13.0 Å². The van der Waals surface area contributed by atoms with E-state index in [2.05, 4.69) is 28.2 Å². The highest BCUT2D eigenvalue weighted by Crippen LogP contribution is 2.24. The molecule has 0 spiro atoms. The molecule has 0 aromatic carbocycles. The second-order valence-electron chi connectivity index (χ2n) is 4.92. The maximum absolute atomic E-state index is 5.50. The maximum atomic E-state index is 5.50. The van der Waals surface area contributed by atoms with Crippen molar-refractivity contribution in [3.8, 4) is 5.88 Å². The molecule has 0 amide bonds. The van der Waals surface area contributed by atoms with Gasteiger partial charge in [0, 0.05) is 25.2 Å². The zero-order valence-corrected chi connectivity index (χ0v) is 12.1. The zero-order valence-electron chi connectivity index (χ0n) is 12.1. The molecule has 1 aromatic rings. The van der Waals surface area contributed by atoms with Gasteiger partial charge in [0.2, 0.25) is 5.88 Å². The van der Waals surface area contributed by atoms with E-state index in [9.17, 15) is 0 Å². The van der Waals surface area contributed by atoms with Crippen molar-refractivity contribution >= 4 is 5.82 Å². The number of anilines is 1. The number of likely N-dealkylation sites (N-methyl/N-ethyl adjacent to an activating group) is 1. The summed E-state index contributed by atoms with van der Waals surface area (Å²) in [5, 5.41) is 3.46. The second kappa shape index (κ2) is 7.34. The third-order valence-electron chi connectivity index (χ3n) is 3.55. The molecule has 2 heterocycles. The van der Waals surface area contributed by atoms with Crippen molar-refractivity contribution in [2.75, 3.05) is 31.1 Å². The van der Waals surface area contributed by atoms with E-state index in [1.54, 1.807) is 0 Å².